The summed E-state index contributed by atoms with van der Waals surface area (Å²) in [6.07, 6.45) is 8.61. The van der Waals surface area contributed by atoms with Gasteiger partial charge in [0.25, 0.3) is 0 Å². The van der Waals surface area contributed by atoms with Gasteiger partial charge in [-0.1, -0.05) is 11.8 Å². The quantitative estimate of drug-likeness (QED) is 0.375. The molecular weight excluding hydrogens is 241 g/mol. The van der Waals surface area contributed by atoms with Crippen LogP contribution in [0.5, 0.6) is 0 Å². The number of halogens is 2. The maximum Gasteiger partial charge on any atom is 0.552 e. The van der Waals surface area contributed by atoms with Gasteiger partial charge in [0.1, 0.15) is 19.3 Å². The highest BCUT2D eigenvalue weighted by Crippen LogP contribution is 2.51. The standard InChI is InChI=1S/C9H11F2O4P/c1-3-5-13-7-9(8-14-6-4-2)15-16(10,11)12/h1-2,9H,5-8H2. The maximum atomic E-state index is 12.1. The Hall–Kier alpha value is -0.910. The van der Waals surface area contributed by atoms with E-state index >= 15 is 0 Å². The van der Waals surface area contributed by atoms with E-state index < -0.39 is 14.1 Å². The van der Waals surface area contributed by atoms with E-state index in [4.69, 9.17) is 22.3 Å². The summed E-state index contributed by atoms with van der Waals surface area (Å²) < 4.78 is 47.9. The average molecular weight is 252 g/mol. The van der Waals surface area contributed by atoms with Crippen molar-refractivity contribution in [3.05, 3.63) is 0 Å². The second kappa shape index (κ2) is 8.27. The van der Waals surface area contributed by atoms with Crippen molar-refractivity contribution < 1.29 is 27.0 Å². The summed E-state index contributed by atoms with van der Waals surface area (Å²) in [7, 11) is -5.58. The largest absolute Gasteiger partial charge is 0.552 e. The van der Waals surface area contributed by atoms with Gasteiger partial charge >= 0.3 is 7.99 Å². The molecule has 0 aliphatic heterocycles. The van der Waals surface area contributed by atoms with Gasteiger partial charge in [-0.05, 0) is 0 Å². The Balaban J connectivity index is 4.02. The number of hydrogen-bond donors (Lipinski definition) is 0. The molecule has 0 N–H and O–H groups in total. The highest BCUT2D eigenvalue weighted by Gasteiger charge is 2.27. The van der Waals surface area contributed by atoms with Crippen LogP contribution in [0, 0.1) is 24.7 Å². The molecular formula is C9H11F2O4P. The minimum Gasteiger partial charge on any atom is -0.366 e. The molecule has 0 aliphatic rings. The van der Waals surface area contributed by atoms with Crippen molar-refractivity contribution in [3.8, 4) is 24.7 Å². The zero-order valence-electron chi connectivity index (χ0n) is 8.40. The molecule has 0 fully saturated rings. The monoisotopic (exact) mass is 252 g/mol. The first-order chi connectivity index (χ1) is 7.49. The van der Waals surface area contributed by atoms with E-state index in [2.05, 4.69) is 16.4 Å². The van der Waals surface area contributed by atoms with Crippen molar-refractivity contribution in [1.29, 1.82) is 0 Å². The molecule has 0 saturated heterocycles. The third-order valence-corrected chi connectivity index (χ3v) is 1.79. The fraction of sp³-hybridized carbons (Fsp3) is 0.556. The van der Waals surface area contributed by atoms with Crippen LogP contribution in [0.1, 0.15) is 0 Å². The minimum atomic E-state index is -5.58. The number of terminal acetylenes is 2. The SMILES string of the molecule is C#CCOCC(COCC#C)OP(=O)(F)F. The van der Waals surface area contributed by atoms with Gasteiger partial charge in [0.05, 0.1) is 13.2 Å². The zero-order valence-corrected chi connectivity index (χ0v) is 9.29. The first-order valence-corrected chi connectivity index (χ1v) is 5.60. The Labute approximate surface area is 92.9 Å². The van der Waals surface area contributed by atoms with Crippen molar-refractivity contribution in [3.63, 3.8) is 0 Å². The molecule has 7 heteroatoms. The Morgan fingerprint density at radius 3 is 1.88 bits per heavy atom. The molecule has 0 heterocycles. The lowest BCUT2D eigenvalue weighted by atomic mass is 10.4. The molecule has 0 saturated carbocycles. The Bertz CT molecular complexity index is 294. The topological polar surface area (TPSA) is 44.8 Å². The summed E-state index contributed by atoms with van der Waals surface area (Å²) in [5, 5.41) is 0. The van der Waals surface area contributed by atoms with Gasteiger partial charge in [-0.25, -0.2) is 4.57 Å². The Morgan fingerprint density at radius 1 is 1.12 bits per heavy atom. The lowest BCUT2D eigenvalue weighted by molar-refractivity contribution is 0.00280. The molecule has 0 unspecified atom stereocenters. The first-order valence-electron chi connectivity index (χ1n) is 4.19. The predicted molar refractivity (Wildman–Crippen MR) is 54.0 cm³/mol. The molecule has 4 nitrogen and oxygen atoms in total. The predicted octanol–water partition coefficient (Wildman–Crippen LogP) is 1.72. The maximum absolute atomic E-state index is 12.1. The molecule has 0 rings (SSSR count). The van der Waals surface area contributed by atoms with Crippen molar-refractivity contribution in [2.24, 2.45) is 0 Å². The van der Waals surface area contributed by atoms with Crippen molar-refractivity contribution >= 4 is 7.99 Å². The molecule has 0 aromatic heterocycles. The molecule has 0 aromatic carbocycles. The molecule has 90 valence electrons. The third kappa shape index (κ3) is 9.64. The van der Waals surface area contributed by atoms with Crippen LogP contribution in [-0.2, 0) is 18.6 Å². The van der Waals surface area contributed by atoms with E-state index in [0.29, 0.717) is 0 Å². The van der Waals surface area contributed by atoms with E-state index in [9.17, 15) is 13.0 Å². The zero-order chi connectivity index (χ0) is 12.4. The fourth-order valence-corrected chi connectivity index (χ4v) is 1.25. The lowest BCUT2D eigenvalue weighted by Crippen LogP contribution is -2.24. The van der Waals surface area contributed by atoms with Crippen LogP contribution in [-0.4, -0.2) is 32.5 Å². The van der Waals surface area contributed by atoms with E-state index in [0.717, 1.165) is 0 Å². The van der Waals surface area contributed by atoms with Crippen molar-refractivity contribution in [2.75, 3.05) is 26.4 Å². The van der Waals surface area contributed by atoms with Crippen LogP contribution in [0.2, 0.25) is 0 Å². The van der Waals surface area contributed by atoms with Crippen LogP contribution in [0.4, 0.5) is 8.39 Å². The third-order valence-electron chi connectivity index (χ3n) is 1.25. The van der Waals surface area contributed by atoms with Gasteiger partial charge in [-0.15, -0.1) is 21.2 Å². The van der Waals surface area contributed by atoms with Gasteiger partial charge in [0.2, 0.25) is 0 Å². The lowest BCUT2D eigenvalue weighted by Gasteiger charge is -2.15. The van der Waals surface area contributed by atoms with E-state index in [1.807, 2.05) is 0 Å². The molecule has 0 aliphatic carbocycles. The van der Waals surface area contributed by atoms with Gasteiger partial charge in [-0.3, -0.25) is 4.52 Å². The second-order valence-electron chi connectivity index (χ2n) is 2.58. The number of ether oxygens (including phenoxy) is 2. The van der Waals surface area contributed by atoms with Crippen LogP contribution in [0.25, 0.3) is 0 Å². The fourth-order valence-electron chi connectivity index (χ4n) is 0.781. The first kappa shape index (κ1) is 15.1. The second-order valence-corrected chi connectivity index (χ2v) is 3.62. The number of rotatable bonds is 8. The summed E-state index contributed by atoms with van der Waals surface area (Å²) in [6.45, 7) is -0.602. The molecule has 0 bridgehead atoms. The summed E-state index contributed by atoms with van der Waals surface area (Å²) >= 11 is 0. The molecule has 0 radical (unpaired) electrons. The van der Waals surface area contributed by atoms with Gasteiger partial charge in [0.15, 0.2) is 0 Å². The van der Waals surface area contributed by atoms with Gasteiger partial charge in [-0.2, -0.15) is 0 Å². The van der Waals surface area contributed by atoms with Crippen LogP contribution in [0.15, 0.2) is 0 Å². The van der Waals surface area contributed by atoms with Crippen molar-refractivity contribution in [1.82, 2.24) is 0 Å². The highest BCUT2D eigenvalue weighted by molar-refractivity contribution is 7.47. The van der Waals surface area contributed by atoms with Crippen LogP contribution in [0.3, 0.4) is 0 Å². The van der Waals surface area contributed by atoms with Crippen molar-refractivity contribution in [2.45, 2.75) is 6.10 Å². The average Bonchev–Trinajstić information content (AvgIpc) is 2.16. The van der Waals surface area contributed by atoms with Crippen LogP contribution >= 0.6 is 7.99 Å². The van der Waals surface area contributed by atoms with Crippen LogP contribution < -0.4 is 0 Å². The highest BCUT2D eigenvalue weighted by atomic mass is 31.2. The Morgan fingerprint density at radius 2 is 1.56 bits per heavy atom. The van der Waals surface area contributed by atoms with E-state index in [-0.39, 0.29) is 26.4 Å². The molecule has 0 atom stereocenters. The molecule has 16 heavy (non-hydrogen) atoms. The van der Waals surface area contributed by atoms with E-state index in [1.54, 1.807) is 0 Å². The summed E-state index contributed by atoms with van der Waals surface area (Å²) in [5.74, 6) is 4.29. The minimum absolute atomic E-state index is 0.0577. The smallest absolute Gasteiger partial charge is 0.366 e. The summed E-state index contributed by atoms with van der Waals surface area (Å²) in [6, 6.07) is 0. The summed E-state index contributed by atoms with van der Waals surface area (Å²) in [5.41, 5.74) is 0. The number of hydrogen-bond acceptors (Lipinski definition) is 4. The molecule has 0 spiro atoms. The normalized spacial score (nSPS) is 11.1. The molecule has 0 aromatic rings. The molecule has 0 amide bonds. The van der Waals surface area contributed by atoms with Gasteiger partial charge < -0.3 is 9.47 Å². The van der Waals surface area contributed by atoms with Gasteiger partial charge in [0, 0.05) is 0 Å². The summed E-state index contributed by atoms with van der Waals surface area (Å²) in [4.78, 5) is 0. The Kier molecular flexibility index (Phi) is 7.80. The van der Waals surface area contributed by atoms with E-state index in [1.165, 1.54) is 0 Å².